The van der Waals surface area contributed by atoms with Crippen molar-refractivity contribution >= 4 is 8.80 Å². The summed E-state index contributed by atoms with van der Waals surface area (Å²) in [6.45, 7) is 6.35. The topological polar surface area (TPSA) is 27.7 Å². The fourth-order valence-electron chi connectivity index (χ4n) is 1.68. The smallest absolute Gasteiger partial charge is 0.377 e. The Bertz CT molecular complexity index is 170. The molecule has 0 aliphatic rings. The van der Waals surface area contributed by atoms with Crippen LogP contribution in [0.3, 0.4) is 0 Å². The molecule has 16 heavy (non-hydrogen) atoms. The molecule has 0 aliphatic carbocycles. The minimum absolute atomic E-state index is 0.657. The molecule has 0 atom stereocenters. The first kappa shape index (κ1) is 15.8. The van der Waals surface area contributed by atoms with Crippen LogP contribution in [0.2, 0.25) is 6.04 Å². The molecule has 0 aromatic carbocycles. The third kappa shape index (κ3) is 6.43. The average Bonchev–Trinajstić information content (AvgIpc) is 2.32. The van der Waals surface area contributed by atoms with Gasteiger partial charge in [0.2, 0.25) is 0 Å². The van der Waals surface area contributed by atoms with E-state index < -0.39 is 8.80 Å². The van der Waals surface area contributed by atoms with Crippen molar-refractivity contribution < 1.29 is 13.3 Å². The molecule has 3 nitrogen and oxygen atoms in total. The molecule has 0 bridgehead atoms. The van der Waals surface area contributed by atoms with E-state index in [9.17, 15) is 0 Å². The van der Waals surface area contributed by atoms with Crippen molar-refractivity contribution in [2.45, 2.75) is 45.1 Å². The maximum absolute atomic E-state index is 5.63. The van der Waals surface area contributed by atoms with E-state index in [2.05, 4.69) is 6.58 Å². The first-order valence-corrected chi connectivity index (χ1v) is 8.03. The summed E-state index contributed by atoms with van der Waals surface area (Å²) in [5.41, 5.74) is 0. The lowest BCUT2D eigenvalue weighted by Crippen LogP contribution is -2.43. The Morgan fingerprint density at radius 2 is 1.69 bits per heavy atom. The standard InChI is InChI=1S/C12H26O3Si/c1-5-7-8-9-10-11-12-16(13-3,14-4)15-6-2/h5H,1,6-12H2,2-4H3. The van der Waals surface area contributed by atoms with Crippen LogP contribution in [0.25, 0.3) is 0 Å². The average molecular weight is 246 g/mol. The molecular formula is C12H26O3Si. The maximum atomic E-state index is 5.63. The van der Waals surface area contributed by atoms with Gasteiger partial charge in [0.25, 0.3) is 0 Å². The highest BCUT2D eigenvalue weighted by Crippen LogP contribution is 2.18. The second kappa shape index (κ2) is 10.0. The Morgan fingerprint density at radius 3 is 2.19 bits per heavy atom. The molecule has 0 spiro atoms. The van der Waals surface area contributed by atoms with Crippen molar-refractivity contribution in [3.63, 3.8) is 0 Å². The molecule has 0 radical (unpaired) electrons. The lowest BCUT2D eigenvalue weighted by Gasteiger charge is -2.25. The van der Waals surface area contributed by atoms with Gasteiger partial charge in [-0.25, -0.2) is 0 Å². The van der Waals surface area contributed by atoms with Gasteiger partial charge >= 0.3 is 8.80 Å². The Hall–Kier alpha value is -0.163. The maximum Gasteiger partial charge on any atom is 0.500 e. The minimum atomic E-state index is -2.33. The van der Waals surface area contributed by atoms with Crippen molar-refractivity contribution in [3.8, 4) is 0 Å². The van der Waals surface area contributed by atoms with Crippen LogP contribution in [0.5, 0.6) is 0 Å². The van der Waals surface area contributed by atoms with Crippen LogP contribution < -0.4 is 0 Å². The van der Waals surface area contributed by atoms with Crippen molar-refractivity contribution in [1.29, 1.82) is 0 Å². The molecule has 0 aliphatic heterocycles. The van der Waals surface area contributed by atoms with Crippen LogP contribution >= 0.6 is 0 Å². The molecule has 0 N–H and O–H groups in total. The molecule has 0 fully saturated rings. The molecular weight excluding hydrogens is 220 g/mol. The van der Waals surface area contributed by atoms with Gasteiger partial charge in [0.15, 0.2) is 0 Å². The number of allylic oxidation sites excluding steroid dienone is 1. The summed E-state index contributed by atoms with van der Waals surface area (Å²) >= 11 is 0. The molecule has 0 saturated heterocycles. The summed E-state index contributed by atoms with van der Waals surface area (Å²) in [6.07, 6.45) is 7.89. The molecule has 0 unspecified atom stereocenters. The van der Waals surface area contributed by atoms with Gasteiger partial charge in [0, 0.05) is 26.9 Å². The zero-order valence-electron chi connectivity index (χ0n) is 11.0. The van der Waals surface area contributed by atoms with E-state index in [-0.39, 0.29) is 0 Å². The molecule has 0 amide bonds. The van der Waals surface area contributed by atoms with Crippen molar-refractivity contribution in [2.75, 3.05) is 20.8 Å². The third-order valence-electron chi connectivity index (χ3n) is 2.63. The van der Waals surface area contributed by atoms with Gasteiger partial charge in [-0.05, 0) is 26.2 Å². The quantitative estimate of drug-likeness (QED) is 0.318. The van der Waals surface area contributed by atoms with Crippen molar-refractivity contribution in [2.24, 2.45) is 0 Å². The first-order chi connectivity index (χ1) is 7.74. The Morgan fingerprint density at radius 1 is 1.06 bits per heavy atom. The summed E-state index contributed by atoms with van der Waals surface area (Å²) < 4.78 is 16.5. The zero-order chi connectivity index (χ0) is 12.3. The highest BCUT2D eigenvalue weighted by molar-refractivity contribution is 6.60. The molecule has 4 heteroatoms. The summed E-state index contributed by atoms with van der Waals surface area (Å²) in [6, 6.07) is 0.919. The number of hydrogen-bond acceptors (Lipinski definition) is 3. The predicted molar refractivity (Wildman–Crippen MR) is 69.5 cm³/mol. The van der Waals surface area contributed by atoms with E-state index in [0.717, 1.165) is 18.9 Å². The van der Waals surface area contributed by atoms with Gasteiger partial charge in [-0.2, -0.15) is 0 Å². The second-order valence-electron chi connectivity index (χ2n) is 3.77. The minimum Gasteiger partial charge on any atom is -0.377 e. The van der Waals surface area contributed by atoms with E-state index in [1.807, 2.05) is 13.0 Å². The molecule has 96 valence electrons. The van der Waals surface area contributed by atoms with Crippen LogP contribution in [0, 0.1) is 0 Å². The zero-order valence-corrected chi connectivity index (χ0v) is 12.0. The van der Waals surface area contributed by atoms with Crippen LogP contribution in [-0.4, -0.2) is 29.6 Å². The lowest BCUT2D eigenvalue weighted by molar-refractivity contribution is 0.103. The highest BCUT2D eigenvalue weighted by atomic mass is 28.4. The van der Waals surface area contributed by atoms with Gasteiger partial charge in [0.05, 0.1) is 0 Å². The summed E-state index contributed by atoms with van der Waals surface area (Å²) in [7, 11) is 1.04. The van der Waals surface area contributed by atoms with Crippen LogP contribution in [-0.2, 0) is 13.3 Å². The fraction of sp³-hybridized carbons (Fsp3) is 0.833. The largest absolute Gasteiger partial charge is 0.500 e. The first-order valence-electron chi connectivity index (χ1n) is 6.09. The van der Waals surface area contributed by atoms with Crippen LogP contribution in [0.15, 0.2) is 12.7 Å². The Balaban J connectivity index is 3.71. The van der Waals surface area contributed by atoms with Gasteiger partial charge in [-0.3, -0.25) is 0 Å². The normalized spacial score (nSPS) is 11.7. The highest BCUT2D eigenvalue weighted by Gasteiger charge is 2.37. The van der Waals surface area contributed by atoms with Crippen molar-refractivity contribution in [1.82, 2.24) is 0 Å². The second-order valence-corrected chi connectivity index (χ2v) is 6.74. The van der Waals surface area contributed by atoms with Gasteiger partial charge in [0.1, 0.15) is 0 Å². The van der Waals surface area contributed by atoms with Gasteiger partial charge in [-0.15, -0.1) is 6.58 Å². The Labute approximate surface area is 101 Å². The number of unbranched alkanes of at least 4 members (excludes halogenated alkanes) is 4. The Kier molecular flexibility index (Phi) is 9.92. The number of rotatable bonds is 11. The summed E-state index contributed by atoms with van der Waals surface area (Å²) in [5, 5.41) is 0. The van der Waals surface area contributed by atoms with E-state index in [1.54, 1.807) is 14.2 Å². The van der Waals surface area contributed by atoms with Gasteiger partial charge < -0.3 is 13.3 Å². The van der Waals surface area contributed by atoms with Crippen LogP contribution in [0.4, 0.5) is 0 Å². The molecule has 0 aromatic heterocycles. The van der Waals surface area contributed by atoms with Crippen LogP contribution in [0.1, 0.15) is 39.0 Å². The molecule has 0 heterocycles. The van der Waals surface area contributed by atoms with Gasteiger partial charge in [-0.1, -0.05) is 18.9 Å². The number of hydrogen-bond donors (Lipinski definition) is 0. The fourth-order valence-corrected chi connectivity index (χ4v) is 3.76. The molecule has 0 aromatic rings. The van der Waals surface area contributed by atoms with E-state index >= 15 is 0 Å². The third-order valence-corrected chi connectivity index (χ3v) is 5.57. The monoisotopic (exact) mass is 246 g/mol. The van der Waals surface area contributed by atoms with Crippen molar-refractivity contribution in [3.05, 3.63) is 12.7 Å². The molecule has 0 rings (SSSR count). The van der Waals surface area contributed by atoms with E-state index in [1.165, 1.54) is 19.3 Å². The summed E-state index contributed by atoms with van der Waals surface area (Å²) in [5.74, 6) is 0. The lowest BCUT2D eigenvalue weighted by atomic mass is 10.1. The van der Waals surface area contributed by atoms with E-state index in [4.69, 9.17) is 13.3 Å². The summed E-state index contributed by atoms with van der Waals surface area (Å²) in [4.78, 5) is 0. The predicted octanol–water partition coefficient (Wildman–Crippen LogP) is 3.39. The SMILES string of the molecule is C=CCCCCCC[Si](OC)(OC)OCC. The van der Waals surface area contributed by atoms with E-state index in [0.29, 0.717) is 6.61 Å². The molecule has 0 saturated carbocycles.